The van der Waals surface area contributed by atoms with E-state index in [0.717, 1.165) is 32.8 Å². The van der Waals surface area contributed by atoms with Crippen molar-refractivity contribution < 1.29 is 9.59 Å². The van der Waals surface area contributed by atoms with Gasteiger partial charge in [-0.25, -0.2) is 4.90 Å². The number of nitrogens with one attached hydrogen (secondary N) is 1. The summed E-state index contributed by atoms with van der Waals surface area (Å²) in [6.07, 6.45) is 0. The highest BCUT2D eigenvalue weighted by atomic mass is 35.5. The number of hydrogen-bond donors (Lipinski definition) is 1. The highest BCUT2D eigenvalue weighted by molar-refractivity contribution is 6.53. The van der Waals surface area contributed by atoms with E-state index < -0.39 is 11.8 Å². The van der Waals surface area contributed by atoms with Gasteiger partial charge < -0.3 is 5.32 Å². The fraction of sp³-hybridized carbons (Fsp3) is 0.200. The Balaban J connectivity index is 2.00. The average Bonchev–Trinajstić information content (AvgIpc) is 2.77. The van der Waals surface area contributed by atoms with E-state index in [4.69, 9.17) is 11.6 Å². The number of halogens is 1. The van der Waals surface area contributed by atoms with Crippen LogP contribution >= 0.6 is 11.6 Å². The molecule has 25 heavy (non-hydrogen) atoms. The maximum atomic E-state index is 12.9. The van der Waals surface area contributed by atoms with E-state index in [1.54, 1.807) is 0 Å². The standard InChI is InChI=1S/C20H19ClN2O2/c1-11-5-7-13(3)15(9-11)22-18-17(21)19(24)23(20(18)25)16-10-12(2)6-8-14(16)4/h5-10,22H,1-4H3. The zero-order valence-electron chi connectivity index (χ0n) is 14.6. The maximum absolute atomic E-state index is 12.9. The molecule has 1 heterocycles. The summed E-state index contributed by atoms with van der Waals surface area (Å²) in [5, 5.41) is 2.96. The van der Waals surface area contributed by atoms with Crippen molar-refractivity contribution in [1.82, 2.24) is 0 Å². The molecule has 1 aliphatic heterocycles. The van der Waals surface area contributed by atoms with Gasteiger partial charge in [0.25, 0.3) is 11.8 Å². The second kappa shape index (κ2) is 6.37. The largest absolute Gasteiger partial charge is 0.349 e. The summed E-state index contributed by atoms with van der Waals surface area (Å²) in [6, 6.07) is 11.5. The molecule has 1 N–H and O–H groups in total. The lowest BCUT2D eigenvalue weighted by Gasteiger charge is -2.18. The summed E-state index contributed by atoms with van der Waals surface area (Å²) in [5.41, 5.74) is 5.25. The van der Waals surface area contributed by atoms with Crippen LogP contribution in [0.3, 0.4) is 0 Å². The predicted octanol–water partition coefficient (Wildman–Crippen LogP) is 4.36. The van der Waals surface area contributed by atoms with Crippen molar-refractivity contribution in [2.45, 2.75) is 27.7 Å². The van der Waals surface area contributed by atoms with E-state index in [1.165, 1.54) is 0 Å². The van der Waals surface area contributed by atoms with E-state index in [2.05, 4.69) is 5.32 Å². The molecule has 4 nitrogen and oxygen atoms in total. The fourth-order valence-electron chi connectivity index (χ4n) is 2.80. The molecule has 0 radical (unpaired) electrons. The van der Waals surface area contributed by atoms with Crippen LogP contribution in [-0.2, 0) is 9.59 Å². The SMILES string of the molecule is Cc1ccc(C)c(NC2=C(Cl)C(=O)N(c3cc(C)ccc3C)C2=O)c1. The van der Waals surface area contributed by atoms with Gasteiger partial charge in [0, 0.05) is 5.69 Å². The van der Waals surface area contributed by atoms with Crippen LogP contribution in [0.4, 0.5) is 11.4 Å². The Bertz CT molecular complexity index is 931. The summed E-state index contributed by atoms with van der Waals surface area (Å²) in [6.45, 7) is 7.67. The highest BCUT2D eigenvalue weighted by Crippen LogP contribution is 2.33. The fourth-order valence-corrected chi connectivity index (χ4v) is 3.01. The number of anilines is 2. The van der Waals surface area contributed by atoms with E-state index in [-0.39, 0.29) is 10.7 Å². The lowest BCUT2D eigenvalue weighted by molar-refractivity contribution is -0.120. The second-order valence-corrected chi connectivity index (χ2v) is 6.75. The summed E-state index contributed by atoms with van der Waals surface area (Å²) in [7, 11) is 0. The molecule has 0 saturated heterocycles. The highest BCUT2D eigenvalue weighted by Gasteiger charge is 2.39. The molecule has 0 saturated carbocycles. The van der Waals surface area contributed by atoms with Gasteiger partial charge in [0.15, 0.2) is 0 Å². The van der Waals surface area contributed by atoms with E-state index in [0.29, 0.717) is 5.69 Å². The van der Waals surface area contributed by atoms with Crippen molar-refractivity contribution in [3.8, 4) is 0 Å². The topological polar surface area (TPSA) is 49.4 Å². The van der Waals surface area contributed by atoms with Crippen LogP contribution in [-0.4, -0.2) is 11.8 Å². The van der Waals surface area contributed by atoms with Crippen molar-refractivity contribution in [3.63, 3.8) is 0 Å². The molecule has 3 rings (SSSR count). The van der Waals surface area contributed by atoms with Crippen LogP contribution in [0.15, 0.2) is 47.1 Å². The molecule has 5 heteroatoms. The Morgan fingerprint density at radius 1 is 0.840 bits per heavy atom. The van der Waals surface area contributed by atoms with Gasteiger partial charge in [-0.2, -0.15) is 0 Å². The molecule has 0 unspecified atom stereocenters. The normalized spacial score (nSPS) is 14.5. The van der Waals surface area contributed by atoms with Crippen LogP contribution in [0.5, 0.6) is 0 Å². The Hall–Kier alpha value is -2.59. The van der Waals surface area contributed by atoms with E-state index in [9.17, 15) is 9.59 Å². The molecule has 2 amide bonds. The molecule has 2 aromatic rings. The van der Waals surface area contributed by atoms with Crippen LogP contribution in [0.25, 0.3) is 0 Å². The number of carbonyl (C=O) groups excluding carboxylic acids is 2. The third-order valence-corrected chi connectivity index (χ3v) is 4.64. The minimum atomic E-state index is -0.506. The lowest BCUT2D eigenvalue weighted by Crippen LogP contribution is -2.33. The number of nitrogens with zero attached hydrogens (tertiary/aromatic N) is 1. The van der Waals surface area contributed by atoms with Gasteiger partial charge in [-0.05, 0) is 62.1 Å². The van der Waals surface area contributed by atoms with E-state index in [1.807, 2.05) is 64.1 Å². The molecule has 0 atom stereocenters. The van der Waals surface area contributed by atoms with E-state index >= 15 is 0 Å². The first-order valence-corrected chi connectivity index (χ1v) is 8.37. The third kappa shape index (κ3) is 3.05. The first kappa shape index (κ1) is 17.2. The zero-order chi connectivity index (χ0) is 18.3. The monoisotopic (exact) mass is 354 g/mol. The first-order chi connectivity index (χ1) is 11.8. The van der Waals surface area contributed by atoms with Gasteiger partial charge in [-0.15, -0.1) is 0 Å². The zero-order valence-corrected chi connectivity index (χ0v) is 15.4. The quantitative estimate of drug-likeness (QED) is 0.833. The number of benzene rings is 2. The van der Waals surface area contributed by atoms with Crippen LogP contribution in [0.2, 0.25) is 0 Å². The Kier molecular flexibility index (Phi) is 4.39. The molecule has 128 valence electrons. The molecular weight excluding hydrogens is 336 g/mol. The van der Waals surface area contributed by atoms with Crippen LogP contribution in [0, 0.1) is 27.7 Å². The molecule has 2 aromatic carbocycles. The second-order valence-electron chi connectivity index (χ2n) is 6.37. The van der Waals surface area contributed by atoms with Crippen LogP contribution < -0.4 is 10.2 Å². The Morgan fingerprint density at radius 2 is 1.44 bits per heavy atom. The molecule has 0 fully saturated rings. The van der Waals surface area contributed by atoms with Crippen molar-refractivity contribution >= 4 is 34.8 Å². The van der Waals surface area contributed by atoms with Crippen molar-refractivity contribution in [2.75, 3.05) is 10.2 Å². The molecular formula is C20H19ClN2O2. The molecule has 0 spiro atoms. The summed E-state index contributed by atoms with van der Waals surface area (Å²) in [5.74, 6) is -0.947. The first-order valence-electron chi connectivity index (χ1n) is 7.99. The van der Waals surface area contributed by atoms with Gasteiger partial charge in [0.05, 0.1) is 5.69 Å². The van der Waals surface area contributed by atoms with Gasteiger partial charge in [-0.3, -0.25) is 9.59 Å². The minimum absolute atomic E-state index is 0.0909. The lowest BCUT2D eigenvalue weighted by atomic mass is 10.1. The van der Waals surface area contributed by atoms with Crippen LogP contribution in [0.1, 0.15) is 22.3 Å². The van der Waals surface area contributed by atoms with Crippen molar-refractivity contribution in [1.29, 1.82) is 0 Å². The number of aryl methyl sites for hydroxylation is 4. The smallest absolute Gasteiger partial charge is 0.283 e. The molecule has 0 bridgehead atoms. The predicted molar refractivity (Wildman–Crippen MR) is 101 cm³/mol. The number of amides is 2. The number of rotatable bonds is 3. The Morgan fingerprint density at radius 3 is 2.12 bits per heavy atom. The van der Waals surface area contributed by atoms with Crippen molar-refractivity contribution in [2.24, 2.45) is 0 Å². The van der Waals surface area contributed by atoms with Gasteiger partial charge in [0.1, 0.15) is 10.7 Å². The number of hydrogen-bond acceptors (Lipinski definition) is 3. The van der Waals surface area contributed by atoms with Crippen molar-refractivity contribution in [3.05, 3.63) is 69.4 Å². The molecule has 0 aromatic heterocycles. The van der Waals surface area contributed by atoms with Gasteiger partial charge in [-0.1, -0.05) is 35.9 Å². The summed E-state index contributed by atoms with van der Waals surface area (Å²) in [4.78, 5) is 26.6. The number of imide groups is 1. The molecule has 0 aliphatic carbocycles. The summed E-state index contributed by atoms with van der Waals surface area (Å²) < 4.78 is 0. The molecule has 1 aliphatic rings. The summed E-state index contributed by atoms with van der Waals surface area (Å²) >= 11 is 6.21. The minimum Gasteiger partial charge on any atom is -0.349 e. The maximum Gasteiger partial charge on any atom is 0.283 e. The Labute approximate surface area is 152 Å². The number of carbonyl (C=O) groups is 2. The van der Waals surface area contributed by atoms with Gasteiger partial charge >= 0.3 is 0 Å². The van der Waals surface area contributed by atoms with Gasteiger partial charge in [0.2, 0.25) is 0 Å². The third-order valence-electron chi connectivity index (χ3n) is 4.29. The average molecular weight is 355 g/mol.